The number of nitrogens with two attached hydrogens (primary N) is 1. The van der Waals surface area contributed by atoms with E-state index >= 15 is 0 Å². The van der Waals surface area contributed by atoms with Gasteiger partial charge >= 0.3 is 0 Å². The van der Waals surface area contributed by atoms with E-state index in [0.29, 0.717) is 6.54 Å². The number of halogens is 2. The van der Waals surface area contributed by atoms with E-state index in [0.717, 1.165) is 12.4 Å². The molecule has 0 aliphatic rings. The van der Waals surface area contributed by atoms with Gasteiger partial charge < -0.3 is 11.1 Å². The monoisotopic (exact) mass is 223 g/mol. The van der Waals surface area contributed by atoms with Crippen LogP contribution in [0.25, 0.3) is 0 Å². The molecule has 0 fully saturated rings. The summed E-state index contributed by atoms with van der Waals surface area (Å²) in [5.74, 6) is 0.890. The molecule has 1 aromatic heterocycles. The lowest BCUT2D eigenvalue weighted by Crippen LogP contribution is -2.13. The Balaban J connectivity index is 0. The van der Waals surface area contributed by atoms with E-state index in [1.807, 2.05) is 25.3 Å². The minimum absolute atomic E-state index is 0. The van der Waals surface area contributed by atoms with Gasteiger partial charge in [-0.25, -0.2) is 4.98 Å². The van der Waals surface area contributed by atoms with E-state index in [1.54, 1.807) is 0 Å². The first-order valence-electron chi connectivity index (χ1n) is 3.69. The van der Waals surface area contributed by atoms with Crippen LogP contribution in [0.3, 0.4) is 0 Å². The van der Waals surface area contributed by atoms with Crippen molar-refractivity contribution in [2.75, 3.05) is 18.4 Å². The van der Waals surface area contributed by atoms with Crippen molar-refractivity contribution in [1.29, 1.82) is 0 Å². The van der Waals surface area contributed by atoms with Gasteiger partial charge in [0.15, 0.2) is 0 Å². The average Bonchev–Trinajstić information content (AvgIpc) is 2.04. The number of aromatic nitrogens is 1. The fraction of sp³-hybridized carbons (Fsp3) is 0.375. The standard InChI is InChI=1S/C8H13N3.2ClH/c1-7-2-3-8(11-6-7)10-5-4-9;;/h2-3,6H,4-5,9H2,1H3,(H,10,11);2*1H. The zero-order valence-corrected chi connectivity index (χ0v) is 9.12. The first-order chi connectivity index (χ1) is 5.33. The molecule has 0 aliphatic heterocycles. The predicted molar refractivity (Wildman–Crippen MR) is 61.0 cm³/mol. The highest BCUT2D eigenvalue weighted by Crippen LogP contribution is 2.02. The van der Waals surface area contributed by atoms with E-state index in [9.17, 15) is 0 Å². The zero-order chi connectivity index (χ0) is 8.10. The Labute approximate surface area is 90.9 Å². The van der Waals surface area contributed by atoms with E-state index in [1.165, 1.54) is 5.56 Å². The second-order valence-corrected chi connectivity index (χ2v) is 2.44. The quantitative estimate of drug-likeness (QED) is 0.819. The van der Waals surface area contributed by atoms with Gasteiger partial charge in [-0.1, -0.05) is 6.07 Å². The molecule has 1 aromatic rings. The molecule has 3 N–H and O–H groups in total. The Bertz CT molecular complexity index is 213. The molecule has 13 heavy (non-hydrogen) atoms. The summed E-state index contributed by atoms with van der Waals surface area (Å²) in [5.41, 5.74) is 6.49. The third kappa shape index (κ3) is 5.69. The Morgan fingerprint density at radius 1 is 1.38 bits per heavy atom. The van der Waals surface area contributed by atoms with Gasteiger partial charge in [-0.05, 0) is 18.6 Å². The summed E-state index contributed by atoms with van der Waals surface area (Å²) < 4.78 is 0. The Morgan fingerprint density at radius 3 is 2.54 bits per heavy atom. The molecular weight excluding hydrogens is 209 g/mol. The second-order valence-electron chi connectivity index (χ2n) is 2.44. The van der Waals surface area contributed by atoms with Crippen LogP contribution in [-0.4, -0.2) is 18.1 Å². The molecule has 1 rings (SSSR count). The summed E-state index contributed by atoms with van der Waals surface area (Å²) in [6, 6.07) is 3.97. The van der Waals surface area contributed by atoms with Crippen molar-refractivity contribution in [3.63, 3.8) is 0 Å². The molecule has 0 atom stereocenters. The third-order valence-corrected chi connectivity index (χ3v) is 1.36. The molecule has 1 heterocycles. The number of pyridine rings is 1. The van der Waals surface area contributed by atoms with Crippen LogP contribution in [0.2, 0.25) is 0 Å². The maximum absolute atomic E-state index is 5.32. The van der Waals surface area contributed by atoms with Gasteiger partial charge in [0.05, 0.1) is 0 Å². The molecule has 76 valence electrons. The molecular formula is C8H15Cl2N3. The number of hydrogen-bond acceptors (Lipinski definition) is 3. The molecule has 3 nitrogen and oxygen atoms in total. The number of hydrogen-bond donors (Lipinski definition) is 2. The van der Waals surface area contributed by atoms with Crippen molar-refractivity contribution in [2.45, 2.75) is 6.92 Å². The molecule has 0 saturated heterocycles. The normalized spacial score (nSPS) is 8.15. The highest BCUT2D eigenvalue weighted by Gasteiger charge is 1.89. The number of anilines is 1. The number of nitrogens with zero attached hydrogens (tertiary/aromatic N) is 1. The zero-order valence-electron chi connectivity index (χ0n) is 7.49. The fourth-order valence-corrected chi connectivity index (χ4v) is 0.773. The molecule has 0 spiro atoms. The van der Waals surface area contributed by atoms with Gasteiger partial charge in [0.25, 0.3) is 0 Å². The van der Waals surface area contributed by atoms with Gasteiger partial charge in [-0.2, -0.15) is 0 Å². The average molecular weight is 224 g/mol. The number of aryl methyl sites for hydroxylation is 1. The molecule has 0 radical (unpaired) electrons. The van der Waals surface area contributed by atoms with Crippen LogP contribution in [0.15, 0.2) is 18.3 Å². The van der Waals surface area contributed by atoms with Crippen LogP contribution < -0.4 is 11.1 Å². The molecule has 0 saturated carbocycles. The summed E-state index contributed by atoms with van der Waals surface area (Å²) in [6.45, 7) is 3.42. The van der Waals surface area contributed by atoms with E-state index in [2.05, 4.69) is 10.3 Å². The van der Waals surface area contributed by atoms with Crippen LogP contribution in [0.4, 0.5) is 5.82 Å². The lowest BCUT2D eigenvalue weighted by Gasteiger charge is -2.02. The van der Waals surface area contributed by atoms with E-state index in [-0.39, 0.29) is 24.8 Å². The van der Waals surface area contributed by atoms with Crippen LogP contribution in [0.5, 0.6) is 0 Å². The maximum atomic E-state index is 5.32. The minimum atomic E-state index is 0. The van der Waals surface area contributed by atoms with Crippen LogP contribution in [0.1, 0.15) is 5.56 Å². The summed E-state index contributed by atoms with van der Waals surface area (Å²) >= 11 is 0. The summed E-state index contributed by atoms with van der Waals surface area (Å²) in [5, 5.41) is 3.09. The Kier molecular flexibility index (Phi) is 9.34. The second kappa shape index (κ2) is 8.10. The largest absolute Gasteiger partial charge is 0.369 e. The first kappa shape index (κ1) is 15.0. The summed E-state index contributed by atoms with van der Waals surface area (Å²) in [6.07, 6.45) is 1.83. The lowest BCUT2D eigenvalue weighted by molar-refractivity contribution is 1.01. The SMILES string of the molecule is Cc1ccc(NCCN)nc1.Cl.Cl. The van der Waals surface area contributed by atoms with E-state index < -0.39 is 0 Å². The highest BCUT2D eigenvalue weighted by atomic mass is 35.5. The summed E-state index contributed by atoms with van der Waals surface area (Å²) in [7, 11) is 0. The van der Waals surface area contributed by atoms with Crippen LogP contribution >= 0.6 is 24.8 Å². The molecule has 5 heteroatoms. The van der Waals surface area contributed by atoms with Gasteiger partial charge in [-0.3, -0.25) is 0 Å². The maximum Gasteiger partial charge on any atom is 0.125 e. The number of rotatable bonds is 3. The predicted octanol–water partition coefficient (Wildman–Crippen LogP) is 1.60. The van der Waals surface area contributed by atoms with Crippen molar-refractivity contribution < 1.29 is 0 Å². The van der Waals surface area contributed by atoms with Crippen molar-refractivity contribution in [3.8, 4) is 0 Å². The summed E-state index contributed by atoms with van der Waals surface area (Å²) in [4.78, 5) is 4.15. The van der Waals surface area contributed by atoms with E-state index in [4.69, 9.17) is 5.73 Å². The Morgan fingerprint density at radius 2 is 2.08 bits per heavy atom. The minimum Gasteiger partial charge on any atom is -0.369 e. The van der Waals surface area contributed by atoms with Crippen LogP contribution in [0, 0.1) is 6.92 Å². The topological polar surface area (TPSA) is 50.9 Å². The van der Waals surface area contributed by atoms with Gasteiger partial charge in [0, 0.05) is 19.3 Å². The van der Waals surface area contributed by atoms with Gasteiger partial charge in [0.2, 0.25) is 0 Å². The lowest BCUT2D eigenvalue weighted by atomic mass is 10.3. The van der Waals surface area contributed by atoms with Crippen LogP contribution in [-0.2, 0) is 0 Å². The molecule has 0 unspecified atom stereocenters. The number of nitrogens with one attached hydrogen (secondary N) is 1. The van der Waals surface area contributed by atoms with Gasteiger partial charge in [0.1, 0.15) is 5.82 Å². The highest BCUT2D eigenvalue weighted by molar-refractivity contribution is 5.85. The smallest absolute Gasteiger partial charge is 0.125 e. The first-order valence-corrected chi connectivity index (χ1v) is 3.69. The fourth-order valence-electron chi connectivity index (χ4n) is 0.773. The third-order valence-electron chi connectivity index (χ3n) is 1.36. The van der Waals surface area contributed by atoms with Crippen molar-refractivity contribution >= 4 is 30.6 Å². The van der Waals surface area contributed by atoms with Gasteiger partial charge in [-0.15, -0.1) is 24.8 Å². The molecule has 0 amide bonds. The molecule has 0 bridgehead atoms. The molecule has 0 aliphatic carbocycles. The van der Waals surface area contributed by atoms with Crippen molar-refractivity contribution in [2.24, 2.45) is 5.73 Å². The van der Waals surface area contributed by atoms with Crippen molar-refractivity contribution in [1.82, 2.24) is 4.98 Å². The molecule has 0 aromatic carbocycles. The van der Waals surface area contributed by atoms with Crippen molar-refractivity contribution in [3.05, 3.63) is 23.9 Å². The Hall–Kier alpha value is -0.510.